The number of hydrogen-bond donors (Lipinski definition) is 2. The number of benzene rings is 1. The number of carbonyl (C=O) groups is 2. The zero-order valence-corrected chi connectivity index (χ0v) is 12.0. The van der Waals surface area contributed by atoms with Crippen molar-refractivity contribution in [3.8, 4) is 0 Å². The highest BCUT2D eigenvalue weighted by Crippen LogP contribution is 2.12. The molecule has 0 aromatic heterocycles. The van der Waals surface area contributed by atoms with E-state index in [9.17, 15) is 9.59 Å². The van der Waals surface area contributed by atoms with Gasteiger partial charge in [-0.2, -0.15) is 0 Å². The monoisotopic (exact) mass is 277 g/mol. The molecule has 110 valence electrons. The number of aryl methyl sites for hydroxylation is 1. The van der Waals surface area contributed by atoms with Crippen LogP contribution in [0.5, 0.6) is 0 Å². The molecular formula is C16H23NO3. The zero-order chi connectivity index (χ0) is 14.8. The van der Waals surface area contributed by atoms with Gasteiger partial charge >= 0.3 is 5.97 Å². The van der Waals surface area contributed by atoms with Gasteiger partial charge in [0.2, 0.25) is 5.91 Å². The summed E-state index contributed by atoms with van der Waals surface area (Å²) in [5, 5.41) is 11.4. The van der Waals surface area contributed by atoms with Crippen LogP contribution < -0.4 is 5.32 Å². The lowest BCUT2D eigenvalue weighted by Crippen LogP contribution is -2.11. The lowest BCUT2D eigenvalue weighted by atomic mass is 10.1. The first-order valence-corrected chi connectivity index (χ1v) is 7.22. The van der Waals surface area contributed by atoms with Crippen molar-refractivity contribution in [2.75, 3.05) is 5.32 Å². The van der Waals surface area contributed by atoms with Gasteiger partial charge in [0.25, 0.3) is 0 Å². The molecular weight excluding hydrogens is 254 g/mol. The molecule has 0 fully saturated rings. The predicted molar refractivity (Wildman–Crippen MR) is 79.8 cm³/mol. The molecule has 4 heteroatoms. The van der Waals surface area contributed by atoms with E-state index in [4.69, 9.17) is 5.11 Å². The Morgan fingerprint density at radius 3 is 2.45 bits per heavy atom. The molecule has 0 unspecified atom stereocenters. The molecule has 4 nitrogen and oxygen atoms in total. The molecule has 0 heterocycles. The van der Waals surface area contributed by atoms with E-state index >= 15 is 0 Å². The van der Waals surface area contributed by atoms with E-state index in [2.05, 4.69) is 12.2 Å². The molecule has 0 aliphatic carbocycles. The molecule has 0 saturated carbocycles. The molecule has 1 aromatic carbocycles. The molecule has 1 rings (SSSR count). The van der Waals surface area contributed by atoms with Crippen molar-refractivity contribution in [3.63, 3.8) is 0 Å². The van der Waals surface area contributed by atoms with Crippen LogP contribution in [0.25, 0.3) is 0 Å². The molecule has 0 bridgehead atoms. The summed E-state index contributed by atoms with van der Waals surface area (Å²) in [6, 6.07) is 7.87. The van der Waals surface area contributed by atoms with Crippen LogP contribution in [0.2, 0.25) is 0 Å². The van der Waals surface area contributed by atoms with Crippen molar-refractivity contribution in [2.45, 2.75) is 51.9 Å². The molecule has 20 heavy (non-hydrogen) atoms. The van der Waals surface area contributed by atoms with Gasteiger partial charge in [0, 0.05) is 18.5 Å². The van der Waals surface area contributed by atoms with Crippen molar-refractivity contribution in [1.29, 1.82) is 0 Å². The van der Waals surface area contributed by atoms with Gasteiger partial charge in [-0.05, 0) is 37.0 Å². The highest BCUT2D eigenvalue weighted by atomic mass is 16.4. The summed E-state index contributed by atoms with van der Waals surface area (Å²) >= 11 is 0. The second kappa shape index (κ2) is 9.13. The van der Waals surface area contributed by atoms with Crippen LogP contribution in [0.4, 0.5) is 5.69 Å². The number of nitrogens with one attached hydrogen (secondary N) is 1. The summed E-state index contributed by atoms with van der Waals surface area (Å²) in [6.07, 6.45) is 4.92. The van der Waals surface area contributed by atoms with E-state index in [0.717, 1.165) is 31.4 Å². The minimum absolute atomic E-state index is 0.0245. The summed E-state index contributed by atoms with van der Waals surface area (Å²) in [4.78, 5) is 22.1. The molecule has 1 amide bonds. The predicted octanol–water partition coefficient (Wildman–Crippen LogP) is 3.61. The molecule has 0 radical (unpaired) electrons. The maximum atomic E-state index is 11.7. The minimum atomic E-state index is -0.751. The smallest absolute Gasteiger partial charge is 0.303 e. The average molecular weight is 277 g/mol. The summed E-state index contributed by atoms with van der Waals surface area (Å²) in [7, 11) is 0. The van der Waals surface area contributed by atoms with Crippen molar-refractivity contribution in [1.82, 2.24) is 0 Å². The molecule has 0 atom stereocenters. The van der Waals surface area contributed by atoms with Crippen molar-refractivity contribution in [2.24, 2.45) is 0 Å². The number of aliphatic carboxylic acids is 1. The van der Waals surface area contributed by atoms with Gasteiger partial charge in [-0.15, -0.1) is 0 Å². The second-order valence-corrected chi connectivity index (χ2v) is 4.91. The normalized spacial score (nSPS) is 10.2. The maximum Gasteiger partial charge on any atom is 0.303 e. The quantitative estimate of drug-likeness (QED) is 0.677. The Labute approximate surface area is 120 Å². The van der Waals surface area contributed by atoms with E-state index in [-0.39, 0.29) is 12.3 Å². The van der Waals surface area contributed by atoms with Crippen LogP contribution in [0.3, 0.4) is 0 Å². The summed E-state index contributed by atoms with van der Waals surface area (Å²) in [5.41, 5.74) is 2.05. The molecule has 0 aliphatic rings. The largest absolute Gasteiger partial charge is 0.481 e. The number of unbranched alkanes of at least 4 members (excludes halogenated alkanes) is 3. The minimum Gasteiger partial charge on any atom is -0.481 e. The fourth-order valence-corrected chi connectivity index (χ4v) is 2.01. The van der Waals surface area contributed by atoms with Gasteiger partial charge in [-0.25, -0.2) is 0 Å². The van der Waals surface area contributed by atoms with Gasteiger partial charge in [0.1, 0.15) is 0 Å². The Bertz CT molecular complexity index is 443. The SMILES string of the molecule is CCc1cccc(NC(=O)CCCCCCC(=O)O)c1. The summed E-state index contributed by atoms with van der Waals surface area (Å²) in [6.45, 7) is 2.08. The van der Waals surface area contributed by atoms with Crippen LogP contribution in [0, 0.1) is 0 Å². The number of anilines is 1. The number of carboxylic acid groups (broad SMARTS) is 1. The highest BCUT2D eigenvalue weighted by Gasteiger charge is 2.03. The van der Waals surface area contributed by atoms with E-state index < -0.39 is 5.97 Å². The molecule has 0 aliphatic heterocycles. The average Bonchev–Trinajstić information content (AvgIpc) is 2.42. The first-order chi connectivity index (χ1) is 9.61. The first kappa shape index (κ1) is 16.2. The van der Waals surface area contributed by atoms with Crippen LogP contribution in [0.15, 0.2) is 24.3 Å². The van der Waals surface area contributed by atoms with Gasteiger partial charge in [-0.1, -0.05) is 31.9 Å². The standard InChI is InChI=1S/C16H23NO3/c1-2-13-8-7-9-14(12-13)17-15(18)10-5-3-4-6-11-16(19)20/h7-9,12H,2-6,10-11H2,1H3,(H,17,18)(H,19,20). The number of hydrogen-bond acceptors (Lipinski definition) is 2. The van der Waals surface area contributed by atoms with Crippen LogP contribution in [0.1, 0.15) is 51.0 Å². The molecule has 1 aromatic rings. The van der Waals surface area contributed by atoms with Crippen LogP contribution >= 0.6 is 0 Å². The fourth-order valence-electron chi connectivity index (χ4n) is 2.01. The van der Waals surface area contributed by atoms with Crippen molar-refractivity contribution >= 4 is 17.6 Å². The van der Waals surface area contributed by atoms with E-state index in [1.807, 2.05) is 24.3 Å². The fraction of sp³-hybridized carbons (Fsp3) is 0.500. The third-order valence-corrected chi connectivity index (χ3v) is 3.16. The van der Waals surface area contributed by atoms with Gasteiger partial charge in [0.15, 0.2) is 0 Å². The second-order valence-electron chi connectivity index (χ2n) is 4.91. The Balaban J connectivity index is 2.18. The van der Waals surface area contributed by atoms with Gasteiger partial charge in [-0.3, -0.25) is 9.59 Å². The van der Waals surface area contributed by atoms with E-state index in [0.29, 0.717) is 12.8 Å². The Kier molecular flexibility index (Phi) is 7.40. The third-order valence-electron chi connectivity index (χ3n) is 3.16. The number of amides is 1. The van der Waals surface area contributed by atoms with Crippen molar-refractivity contribution in [3.05, 3.63) is 29.8 Å². The number of carbonyl (C=O) groups excluding carboxylic acids is 1. The van der Waals surface area contributed by atoms with Gasteiger partial charge < -0.3 is 10.4 Å². The highest BCUT2D eigenvalue weighted by molar-refractivity contribution is 5.90. The molecule has 0 saturated heterocycles. The molecule has 0 spiro atoms. The third kappa shape index (κ3) is 6.92. The Morgan fingerprint density at radius 1 is 1.10 bits per heavy atom. The summed E-state index contributed by atoms with van der Waals surface area (Å²) in [5.74, 6) is -0.727. The van der Waals surface area contributed by atoms with Crippen molar-refractivity contribution < 1.29 is 14.7 Å². The Morgan fingerprint density at radius 2 is 1.80 bits per heavy atom. The topological polar surface area (TPSA) is 66.4 Å². The lowest BCUT2D eigenvalue weighted by Gasteiger charge is -2.06. The maximum absolute atomic E-state index is 11.7. The van der Waals surface area contributed by atoms with E-state index in [1.165, 1.54) is 5.56 Å². The lowest BCUT2D eigenvalue weighted by molar-refractivity contribution is -0.137. The zero-order valence-electron chi connectivity index (χ0n) is 12.0. The first-order valence-electron chi connectivity index (χ1n) is 7.22. The van der Waals surface area contributed by atoms with Gasteiger partial charge in [0.05, 0.1) is 0 Å². The Hall–Kier alpha value is -1.84. The van der Waals surface area contributed by atoms with E-state index in [1.54, 1.807) is 0 Å². The number of carboxylic acids is 1. The summed E-state index contributed by atoms with van der Waals surface area (Å²) < 4.78 is 0. The van der Waals surface area contributed by atoms with Crippen LogP contribution in [-0.2, 0) is 16.0 Å². The number of rotatable bonds is 9. The van der Waals surface area contributed by atoms with Crippen LogP contribution in [-0.4, -0.2) is 17.0 Å². The molecule has 2 N–H and O–H groups in total.